The molecule has 0 aliphatic heterocycles. The quantitative estimate of drug-likeness (QED) is 0.733. The molecule has 0 saturated heterocycles. The van der Waals surface area contributed by atoms with Gasteiger partial charge in [0.05, 0.1) is 11.6 Å². The largest absolute Gasteiger partial charge is 0.487 e. The zero-order valence-corrected chi connectivity index (χ0v) is 15.5. The number of ether oxygens (including phenoxy) is 1. The Morgan fingerprint density at radius 1 is 1.31 bits per heavy atom. The number of nitrogens with zero attached hydrogens (tertiary/aromatic N) is 3. The normalized spacial score (nSPS) is 18.2. The van der Waals surface area contributed by atoms with E-state index in [-0.39, 0.29) is 5.75 Å². The number of hydrogen-bond donors (Lipinski definition) is 1. The van der Waals surface area contributed by atoms with E-state index < -0.39 is 22.6 Å². The van der Waals surface area contributed by atoms with Crippen molar-refractivity contribution in [1.82, 2.24) is 14.8 Å². The van der Waals surface area contributed by atoms with Crippen molar-refractivity contribution in [1.29, 1.82) is 0 Å². The van der Waals surface area contributed by atoms with Crippen molar-refractivity contribution in [2.45, 2.75) is 56.7 Å². The summed E-state index contributed by atoms with van der Waals surface area (Å²) >= 11 is 4.77. The molecule has 1 N–H and O–H groups in total. The third kappa shape index (κ3) is 3.83. The van der Waals surface area contributed by atoms with E-state index in [4.69, 9.17) is 11.6 Å². The molecule has 8 heteroatoms. The van der Waals surface area contributed by atoms with Crippen LogP contribution in [0.1, 0.15) is 38.7 Å². The number of hydrogen-bond acceptors (Lipinski definition) is 4. The number of halogens is 3. The van der Waals surface area contributed by atoms with Crippen molar-refractivity contribution in [3.05, 3.63) is 42.5 Å². The van der Waals surface area contributed by atoms with E-state index in [1.165, 1.54) is 18.5 Å². The van der Waals surface area contributed by atoms with E-state index in [0.717, 1.165) is 24.8 Å². The zero-order valence-electron chi connectivity index (χ0n) is 14.7. The molecule has 1 heterocycles. The molecule has 3 rings (SSSR count). The smallest absolute Gasteiger partial charge is 0.420 e. The maximum Gasteiger partial charge on any atom is 0.487 e. The van der Waals surface area contributed by atoms with Crippen molar-refractivity contribution in [2.75, 3.05) is 0 Å². The SMILES string of the molecule is CC(C)(Cc1ccc(OC(F)(F)Cl)cc1)C(O)C1(n2cncn2)CCC1. The minimum atomic E-state index is -3.73. The summed E-state index contributed by atoms with van der Waals surface area (Å²) in [4.78, 5) is 4.01. The van der Waals surface area contributed by atoms with Gasteiger partial charge in [-0.1, -0.05) is 26.0 Å². The van der Waals surface area contributed by atoms with Gasteiger partial charge < -0.3 is 9.84 Å². The summed E-state index contributed by atoms with van der Waals surface area (Å²) in [5.74, 6) is -0.00909. The first kappa shape index (κ1) is 19.0. The van der Waals surface area contributed by atoms with Gasteiger partial charge >= 0.3 is 5.57 Å². The van der Waals surface area contributed by atoms with E-state index in [9.17, 15) is 13.9 Å². The molecule has 0 bridgehead atoms. The van der Waals surface area contributed by atoms with Gasteiger partial charge in [0.15, 0.2) is 0 Å². The minimum absolute atomic E-state index is 0.00909. The van der Waals surface area contributed by atoms with E-state index >= 15 is 0 Å². The lowest BCUT2D eigenvalue weighted by Gasteiger charge is -2.50. The lowest BCUT2D eigenvalue weighted by Crippen LogP contribution is -2.56. The van der Waals surface area contributed by atoms with Crippen LogP contribution >= 0.6 is 11.6 Å². The van der Waals surface area contributed by atoms with Gasteiger partial charge in [-0.2, -0.15) is 5.10 Å². The molecule has 5 nitrogen and oxygen atoms in total. The van der Waals surface area contributed by atoms with Gasteiger partial charge in [-0.3, -0.25) is 0 Å². The van der Waals surface area contributed by atoms with Crippen LogP contribution in [0.15, 0.2) is 36.9 Å². The summed E-state index contributed by atoms with van der Waals surface area (Å²) in [6.45, 7) is 3.98. The molecule has 1 aliphatic carbocycles. The molecular formula is C18H22ClF2N3O2. The van der Waals surface area contributed by atoms with Gasteiger partial charge in [-0.15, -0.1) is 8.78 Å². The average Bonchev–Trinajstić information content (AvgIpc) is 3.01. The summed E-state index contributed by atoms with van der Waals surface area (Å²) in [6, 6.07) is 6.31. The molecule has 142 valence electrons. The van der Waals surface area contributed by atoms with Crippen molar-refractivity contribution in [3.63, 3.8) is 0 Å². The van der Waals surface area contributed by atoms with Crippen molar-refractivity contribution >= 4 is 11.6 Å². The Bertz CT molecular complexity index is 726. The third-order valence-corrected chi connectivity index (χ3v) is 5.24. The second-order valence-electron chi connectivity index (χ2n) is 7.56. The lowest BCUT2D eigenvalue weighted by atomic mass is 9.63. The molecule has 0 spiro atoms. The van der Waals surface area contributed by atoms with E-state index in [2.05, 4.69) is 14.8 Å². The molecule has 26 heavy (non-hydrogen) atoms. The molecule has 0 amide bonds. The van der Waals surface area contributed by atoms with E-state index in [0.29, 0.717) is 6.42 Å². The Morgan fingerprint density at radius 2 is 1.96 bits per heavy atom. The van der Waals surface area contributed by atoms with E-state index in [1.807, 2.05) is 13.8 Å². The molecule has 1 aromatic heterocycles. The van der Waals surface area contributed by atoms with Crippen LogP contribution in [0, 0.1) is 5.41 Å². The van der Waals surface area contributed by atoms with Gasteiger partial charge in [0.2, 0.25) is 0 Å². The molecule has 1 saturated carbocycles. The lowest BCUT2D eigenvalue weighted by molar-refractivity contribution is -0.0967. The minimum Gasteiger partial charge on any atom is -0.420 e. The first-order chi connectivity index (χ1) is 12.1. The van der Waals surface area contributed by atoms with Crippen LogP contribution in [0.5, 0.6) is 5.75 Å². The Morgan fingerprint density at radius 3 is 2.42 bits per heavy atom. The predicted molar refractivity (Wildman–Crippen MR) is 93.2 cm³/mol. The van der Waals surface area contributed by atoms with Crippen molar-refractivity contribution in [2.24, 2.45) is 5.41 Å². The Kier molecular flexibility index (Phi) is 4.96. The van der Waals surface area contributed by atoms with Crippen LogP contribution < -0.4 is 4.74 Å². The molecule has 1 unspecified atom stereocenters. The molecule has 1 atom stereocenters. The van der Waals surface area contributed by atoms with Crippen LogP contribution in [-0.4, -0.2) is 31.5 Å². The van der Waals surface area contributed by atoms with Crippen molar-refractivity contribution in [3.8, 4) is 5.75 Å². The summed E-state index contributed by atoms with van der Waals surface area (Å²) < 4.78 is 31.5. The topological polar surface area (TPSA) is 60.2 Å². The second-order valence-corrected chi connectivity index (χ2v) is 8.00. The highest BCUT2D eigenvalue weighted by molar-refractivity contribution is 6.20. The Balaban J connectivity index is 1.74. The maximum absolute atomic E-state index is 12.7. The van der Waals surface area contributed by atoms with Crippen LogP contribution in [0.4, 0.5) is 8.78 Å². The van der Waals surface area contributed by atoms with Gasteiger partial charge in [0.25, 0.3) is 0 Å². The maximum atomic E-state index is 12.7. The highest BCUT2D eigenvalue weighted by Gasteiger charge is 2.51. The molecule has 1 aromatic carbocycles. The number of aromatic nitrogens is 3. The average molecular weight is 386 g/mol. The summed E-state index contributed by atoms with van der Waals surface area (Å²) in [5.41, 5.74) is -3.72. The molecule has 0 radical (unpaired) electrons. The summed E-state index contributed by atoms with van der Waals surface area (Å²) in [6.07, 6.45) is 5.79. The molecule has 2 aromatic rings. The van der Waals surface area contributed by atoms with Crippen LogP contribution in [0.3, 0.4) is 0 Å². The monoisotopic (exact) mass is 385 g/mol. The van der Waals surface area contributed by atoms with Crippen molar-refractivity contribution < 1.29 is 18.6 Å². The van der Waals surface area contributed by atoms with Gasteiger partial charge in [-0.05, 0) is 48.8 Å². The molecule has 1 aliphatic rings. The first-order valence-electron chi connectivity index (χ1n) is 8.50. The second kappa shape index (κ2) is 6.78. The first-order valence-corrected chi connectivity index (χ1v) is 8.88. The third-order valence-electron chi connectivity index (χ3n) is 5.16. The number of benzene rings is 1. The van der Waals surface area contributed by atoms with Crippen LogP contribution in [-0.2, 0) is 12.0 Å². The standard InChI is InChI=1S/C18H22ClF2N3O2/c1-16(2,10-13-4-6-14(7-5-13)26-18(19,20)21)15(25)17(8-3-9-17)24-12-22-11-23-24/h4-7,11-12,15,25H,3,8-10H2,1-2H3. The summed E-state index contributed by atoms with van der Waals surface area (Å²) in [5, 5.41) is 15.4. The fourth-order valence-electron chi connectivity index (χ4n) is 3.76. The van der Waals surface area contributed by atoms with E-state index in [1.54, 1.807) is 23.1 Å². The van der Waals surface area contributed by atoms with Gasteiger partial charge in [-0.25, -0.2) is 9.67 Å². The van der Waals surface area contributed by atoms with Crippen LogP contribution in [0.2, 0.25) is 0 Å². The van der Waals surface area contributed by atoms with Gasteiger partial charge in [0.1, 0.15) is 18.4 Å². The Labute approximate surface area is 156 Å². The highest BCUT2D eigenvalue weighted by Crippen LogP contribution is 2.47. The number of aliphatic hydroxyl groups excluding tert-OH is 1. The van der Waals surface area contributed by atoms with Crippen LogP contribution in [0.25, 0.3) is 0 Å². The number of alkyl halides is 3. The number of aliphatic hydroxyl groups is 1. The number of rotatable bonds is 7. The fourth-order valence-corrected chi connectivity index (χ4v) is 3.85. The predicted octanol–water partition coefficient (Wildman–Crippen LogP) is 3.96. The molecular weight excluding hydrogens is 364 g/mol. The molecule has 1 fully saturated rings. The zero-order chi connectivity index (χ0) is 19.0. The highest BCUT2D eigenvalue weighted by atomic mass is 35.5. The summed E-state index contributed by atoms with van der Waals surface area (Å²) in [7, 11) is 0. The van der Waals surface area contributed by atoms with Gasteiger partial charge in [0, 0.05) is 11.6 Å². The fraction of sp³-hybridized carbons (Fsp3) is 0.556. The Hall–Kier alpha value is -1.73.